The van der Waals surface area contributed by atoms with Gasteiger partial charge in [0.15, 0.2) is 5.75 Å². The van der Waals surface area contributed by atoms with Gasteiger partial charge in [-0.2, -0.15) is 5.26 Å². The summed E-state index contributed by atoms with van der Waals surface area (Å²) in [6, 6.07) is 13.2. The van der Waals surface area contributed by atoms with Gasteiger partial charge in [-0.25, -0.2) is 4.39 Å². The topological polar surface area (TPSA) is 46.2 Å². The molecule has 0 amide bonds. The number of fused-ring (bicyclic) bond motifs is 1. The number of ether oxygens (including phenoxy) is 1. The van der Waals surface area contributed by atoms with Crippen molar-refractivity contribution in [3.05, 3.63) is 64.6 Å². The van der Waals surface area contributed by atoms with E-state index in [-0.39, 0.29) is 12.4 Å². The lowest BCUT2D eigenvalue weighted by Crippen LogP contribution is -1.97. The van der Waals surface area contributed by atoms with E-state index in [1.165, 1.54) is 18.2 Å². The first kappa shape index (κ1) is 13.5. The highest BCUT2D eigenvalue weighted by molar-refractivity contribution is 6.31. The molecule has 104 valence electrons. The predicted molar refractivity (Wildman–Crippen MR) is 76.7 cm³/mol. The maximum atomic E-state index is 13.2. The van der Waals surface area contributed by atoms with Gasteiger partial charge in [-0.15, -0.1) is 0 Å². The van der Waals surface area contributed by atoms with E-state index >= 15 is 0 Å². The normalized spacial score (nSPS) is 10.5. The molecule has 0 atom stereocenters. The molecule has 0 bridgehead atoms. The fourth-order valence-corrected chi connectivity index (χ4v) is 2.21. The van der Waals surface area contributed by atoms with Crippen molar-refractivity contribution in [2.45, 2.75) is 6.61 Å². The average Bonchev–Trinajstić information content (AvgIpc) is 2.86. The molecule has 3 aromatic rings. The van der Waals surface area contributed by atoms with Crippen LogP contribution in [0.3, 0.4) is 0 Å². The molecule has 0 spiro atoms. The SMILES string of the molecule is N#Cc1oc2ccccc2c1OCc1cc(F)ccc1Cl. The van der Waals surface area contributed by atoms with E-state index in [9.17, 15) is 4.39 Å². The van der Waals surface area contributed by atoms with E-state index in [0.29, 0.717) is 27.3 Å². The van der Waals surface area contributed by atoms with Crippen LogP contribution < -0.4 is 4.74 Å². The Morgan fingerprint density at radius 3 is 2.86 bits per heavy atom. The maximum absolute atomic E-state index is 13.2. The van der Waals surface area contributed by atoms with Gasteiger partial charge in [-0.1, -0.05) is 23.7 Å². The Hall–Kier alpha value is -2.51. The van der Waals surface area contributed by atoms with Crippen LogP contribution in [0.1, 0.15) is 11.3 Å². The molecule has 0 N–H and O–H groups in total. The van der Waals surface area contributed by atoms with Crippen LogP contribution in [-0.4, -0.2) is 0 Å². The Kier molecular flexibility index (Phi) is 3.51. The molecule has 0 radical (unpaired) electrons. The smallest absolute Gasteiger partial charge is 0.246 e. The number of nitriles is 1. The Bertz CT molecular complexity index is 851. The number of para-hydroxylation sites is 1. The van der Waals surface area contributed by atoms with Gasteiger partial charge < -0.3 is 9.15 Å². The van der Waals surface area contributed by atoms with Gasteiger partial charge in [0, 0.05) is 10.6 Å². The third-order valence-electron chi connectivity index (χ3n) is 3.03. The van der Waals surface area contributed by atoms with Gasteiger partial charge >= 0.3 is 0 Å². The first-order valence-corrected chi connectivity index (χ1v) is 6.55. The molecule has 0 fully saturated rings. The summed E-state index contributed by atoms with van der Waals surface area (Å²) >= 11 is 5.99. The van der Waals surface area contributed by atoms with Crippen LogP contribution in [-0.2, 0) is 6.61 Å². The van der Waals surface area contributed by atoms with Crippen molar-refractivity contribution >= 4 is 22.6 Å². The van der Waals surface area contributed by atoms with Crippen LogP contribution in [0.15, 0.2) is 46.9 Å². The molecule has 3 rings (SSSR count). The van der Waals surface area contributed by atoms with Crippen molar-refractivity contribution in [3.63, 3.8) is 0 Å². The van der Waals surface area contributed by atoms with Crippen molar-refractivity contribution in [3.8, 4) is 11.8 Å². The fraction of sp³-hybridized carbons (Fsp3) is 0.0625. The van der Waals surface area contributed by atoms with Gasteiger partial charge in [0.1, 0.15) is 24.1 Å². The molecule has 3 nitrogen and oxygen atoms in total. The largest absolute Gasteiger partial charge is 0.483 e. The molecule has 0 aliphatic carbocycles. The summed E-state index contributed by atoms with van der Waals surface area (Å²) in [5.74, 6) is 0.0349. The summed E-state index contributed by atoms with van der Waals surface area (Å²) in [6.45, 7) is 0.0504. The van der Waals surface area contributed by atoms with Crippen LogP contribution in [0, 0.1) is 17.1 Å². The van der Waals surface area contributed by atoms with Gasteiger partial charge in [0.2, 0.25) is 5.76 Å². The van der Waals surface area contributed by atoms with E-state index in [0.717, 1.165) is 0 Å². The molecule has 0 aliphatic heterocycles. The molecule has 1 heterocycles. The summed E-state index contributed by atoms with van der Waals surface area (Å²) in [6.07, 6.45) is 0. The second kappa shape index (κ2) is 5.47. The molecule has 1 aromatic heterocycles. The van der Waals surface area contributed by atoms with E-state index in [2.05, 4.69) is 0 Å². The maximum Gasteiger partial charge on any atom is 0.246 e. The Labute approximate surface area is 125 Å². The second-order valence-corrected chi connectivity index (χ2v) is 4.80. The lowest BCUT2D eigenvalue weighted by atomic mass is 10.2. The van der Waals surface area contributed by atoms with E-state index in [4.69, 9.17) is 26.0 Å². The summed E-state index contributed by atoms with van der Waals surface area (Å²) in [7, 11) is 0. The monoisotopic (exact) mass is 301 g/mol. The fourth-order valence-electron chi connectivity index (χ4n) is 2.04. The predicted octanol–water partition coefficient (Wildman–Crippen LogP) is 4.68. The van der Waals surface area contributed by atoms with Crippen molar-refractivity contribution in [1.82, 2.24) is 0 Å². The van der Waals surface area contributed by atoms with Crippen LogP contribution in [0.4, 0.5) is 4.39 Å². The third kappa shape index (κ3) is 2.56. The molecule has 2 aromatic carbocycles. The Balaban J connectivity index is 1.95. The number of benzene rings is 2. The molecular formula is C16H9ClFNO2. The third-order valence-corrected chi connectivity index (χ3v) is 3.40. The molecular weight excluding hydrogens is 293 g/mol. The summed E-state index contributed by atoms with van der Waals surface area (Å²) in [5.41, 5.74) is 1.07. The number of rotatable bonds is 3. The second-order valence-electron chi connectivity index (χ2n) is 4.39. The zero-order chi connectivity index (χ0) is 14.8. The lowest BCUT2D eigenvalue weighted by Gasteiger charge is -2.07. The number of halogens is 2. The van der Waals surface area contributed by atoms with Crippen molar-refractivity contribution in [2.24, 2.45) is 0 Å². The molecule has 5 heteroatoms. The van der Waals surface area contributed by atoms with Crippen LogP contribution >= 0.6 is 11.6 Å². The highest BCUT2D eigenvalue weighted by Gasteiger charge is 2.15. The summed E-state index contributed by atoms with van der Waals surface area (Å²) < 4.78 is 24.3. The summed E-state index contributed by atoms with van der Waals surface area (Å²) in [5, 5.41) is 10.2. The van der Waals surface area contributed by atoms with E-state index < -0.39 is 5.82 Å². The zero-order valence-electron chi connectivity index (χ0n) is 10.8. The van der Waals surface area contributed by atoms with E-state index in [1.54, 1.807) is 18.2 Å². The zero-order valence-corrected chi connectivity index (χ0v) is 11.5. The van der Waals surface area contributed by atoms with Crippen molar-refractivity contribution in [2.75, 3.05) is 0 Å². The van der Waals surface area contributed by atoms with Gasteiger partial charge in [-0.3, -0.25) is 0 Å². The summed E-state index contributed by atoms with van der Waals surface area (Å²) in [4.78, 5) is 0. The van der Waals surface area contributed by atoms with E-state index in [1.807, 2.05) is 12.1 Å². The number of furan rings is 1. The minimum Gasteiger partial charge on any atom is -0.483 e. The first-order valence-electron chi connectivity index (χ1n) is 6.17. The highest BCUT2D eigenvalue weighted by atomic mass is 35.5. The minimum absolute atomic E-state index is 0.0504. The molecule has 0 saturated heterocycles. The van der Waals surface area contributed by atoms with Crippen LogP contribution in [0.2, 0.25) is 5.02 Å². The van der Waals surface area contributed by atoms with Crippen molar-refractivity contribution < 1.29 is 13.5 Å². The minimum atomic E-state index is -0.393. The van der Waals surface area contributed by atoms with Crippen LogP contribution in [0.5, 0.6) is 5.75 Å². The van der Waals surface area contributed by atoms with Gasteiger partial charge in [0.25, 0.3) is 0 Å². The molecule has 0 unspecified atom stereocenters. The Morgan fingerprint density at radius 1 is 1.24 bits per heavy atom. The number of nitrogens with zero attached hydrogens (tertiary/aromatic N) is 1. The first-order chi connectivity index (χ1) is 10.2. The quantitative estimate of drug-likeness (QED) is 0.706. The van der Waals surface area contributed by atoms with Crippen LogP contribution in [0.25, 0.3) is 11.0 Å². The molecule has 21 heavy (non-hydrogen) atoms. The molecule has 0 saturated carbocycles. The average molecular weight is 302 g/mol. The molecule has 0 aliphatic rings. The van der Waals surface area contributed by atoms with Gasteiger partial charge in [0.05, 0.1) is 5.39 Å². The van der Waals surface area contributed by atoms with Gasteiger partial charge in [-0.05, 0) is 30.3 Å². The highest BCUT2D eigenvalue weighted by Crippen LogP contribution is 2.33. The lowest BCUT2D eigenvalue weighted by molar-refractivity contribution is 0.303. The Morgan fingerprint density at radius 2 is 2.05 bits per heavy atom. The van der Waals surface area contributed by atoms with Crippen molar-refractivity contribution in [1.29, 1.82) is 5.26 Å². The number of hydrogen-bond donors (Lipinski definition) is 0. The number of hydrogen-bond acceptors (Lipinski definition) is 3. The standard InChI is InChI=1S/C16H9ClFNO2/c17-13-6-5-11(18)7-10(13)9-20-16-12-3-1-2-4-14(12)21-15(16)8-19/h1-7H,9H2.